The van der Waals surface area contributed by atoms with Gasteiger partial charge in [0.25, 0.3) is 0 Å². The first kappa shape index (κ1) is 18.7. The minimum absolute atomic E-state index is 0. The van der Waals surface area contributed by atoms with Gasteiger partial charge in [-0.15, -0.1) is 12.4 Å². The summed E-state index contributed by atoms with van der Waals surface area (Å²) in [6, 6.07) is -0.256. The first-order chi connectivity index (χ1) is 10.9. The molecular formula is C14H19ClF3N5O. The van der Waals surface area contributed by atoms with Gasteiger partial charge in [0.15, 0.2) is 0 Å². The third-order valence-electron chi connectivity index (χ3n) is 4.43. The smallest absolute Gasteiger partial charge is 0.341 e. The normalized spacial score (nSPS) is 22.7. The number of anilines is 1. The summed E-state index contributed by atoms with van der Waals surface area (Å²) in [5, 5.41) is 0. The number of piperidine rings is 1. The van der Waals surface area contributed by atoms with Crippen LogP contribution in [0.1, 0.15) is 24.8 Å². The van der Waals surface area contributed by atoms with Crippen molar-refractivity contribution in [1.29, 1.82) is 0 Å². The molecule has 1 aromatic rings. The summed E-state index contributed by atoms with van der Waals surface area (Å²) in [5.41, 5.74) is 4.88. The van der Waals surface area contributed by atoms with Crippen LogP contribution in [-0.4, -0.2) is 52.5 Å². The lowest BCUT2D eigenvalue weighted by molar-refractivity contribution is -0.138. The number of alkyl halides is 3. The van der Waals surface area contributed by atoms with E-state index in [0.29, 0.717) is 32.0 Å². The number of carbonyl (C=O) groups is 1. The summed E-state index contributed by atoms with van der Waals surface area (Å²) in [6.07, 6.45) is -0.665. The molecule has 0 radical (unpaired) electrons. The summed E-state index contributed by atoms with van der Waals surface area (Å²) in [7, 11) is 0. The van der Waals surface area contributed by atoms with Gasteiger partial charge in [0.05, 0.1) is 11.6 Å². The maximum absolute atomic E-state index is 12.5. The molecule has 0 aromatic carbocycles. The molecule has 2 aliphatic heterocycles. The highest BCUT2D eigenvalue weighted by Gasteiger charge is 2.36. The lowest BCUT2D eigenvalue weighted by Gasteiger charge is -2.36. The fourth-order valence-corrected chi connectivity index (χ4v) is 3.10. The molecule has 2 saturated heterocycles. The molecule has 1 aromatic heterocycles. The Kier molecular flexibility index (Phi) is 5.54. The van der Waals surface area contributed by atoms with Crippen LogP contribution in [0.2, 0.25) is 0 Å². The zero-order valence-corrected chi connectivity index (χ0v) is 13.7. The van der Waals surface area contributed by atoms with Crippen LogP contribution in [0, 0.1) is 0 Å². The maximum atomic E-state index is 12.5. The van der Waals surface area contributed by atoms with E-state index in [2.05, 4.69) is 9.97 Å². The Balaban J connectivity index is 0.00000208. The number of likely N-dealkylation sites (tertiary alicyclic amines) is 1. The summed E-state index contributed by atoms with van der Waals surface area (Å²) < 4.78 is 37.5. The molecule has 0 aliphatic carbocycles. The average Bonchev–Trinajstić information content (AvgIpc) is 2.86. The van der Waals surface area contributed by atoms with Crippen molar-refractivity contribution >= 4 is 24.3 Å². The van der Waals surface area contributed by atoms with Crippen LogP contribution in [0.25, 0.3) is 0 Å². The predicted octanol–water partition coefficient (Wildman–Crippen LogP) is 1.45. The third kappa shape index (κ3) is 3.72. The van der Waals surface area contributed by atoms with Crippen molar-refractivity contribution in [1.82, 2.24) is 14.9 Å². The molecule has 0 spiro atoms. The summed E-state index contributed by atoms with van der Waals surface area (Å²) in [6.45, 7) is 1.89. The molecule has 6 nitrogen and oxygen atoms in total. The number of amides is 1. The van der Waals surface area contributed by atoms with E-state index >= 15 is 0 Å². The van der Waals surface area contributed by atoms with Crippen LogP contribution in [-0.2, 0) is 11.0 Å². The molecule has 3 heterocycles. The second kappa shape index (κ2) is 7.10. The number of hydrogen-bond acceptors (Lipinski definition) is 5. The van der Waals surface area contributed by atoms with E-state index in [1.807, 2.05) is 9.80 Å². The summed E-state index contributed by atoms with van der Waals surface area (Å²) >= 11 is 0. The van der Waals surface area contributed by atoms with E-state index in [1.54, 1.807) is 0 Å². The Bertz CT molecular complexity index is 575. The van der Waals surface area contributed by atoms with Crippen LogP contribution in [0.15, 0.2) is 12.4 Å². The number of carbonyl (C=O) groups excluding carboxylic acids is 1. The van der Waals surface area contributed by atoms with Crippen molar-refractivity contribution < 1.29 is 18.0 Å². The van der Waals surface area contributed by atoms with Gasteiger partial charge in [-0.2, -0.15) is 13.2 Å². The van der Waals surface area contributed by atoms with Crippen molar-refractivity contribution in [2.24, 2.45) is 5.73 Å². The quantitative estimate of drug-likeness (QED) is 0.858. The van der Waals surface area contributed by atoms with Crippen molar-refractivity contribution in [2.75, 3.05) is 24.5 Å². The Morgan fingerprint density at radius 1 is 1.08 bits per heavy atom. The Hall–Kier alpha value is -1.61. The van der Waals surface area contributed by atoms with Gasteiger partial charge in [0, 0.05) is 38.1 Å². The van der Waals surface area contributed by atoms with Gasteiger partial charge < -0.3 is 15.5 Å². The van der Waals surface area contributed by atoms with Gasteiger partial charge in [-0.25, -0.2) is 9.97 Å². The van der Waals surface area contributed by atoms with Gasteiger partial charge in [-0.3, -0.25) is 4.79 Å². The molecule has 1 atom stereocenters. The predicted molar refractivity (Wildman–Crippen MR) is 83.8 cm³/mol. The monoisotopic (exact) mass is 365 g/mol. The molecule has 24 heavy (non-hydrogen) atoms. The fourth-order valence-electron chi connectivity index (χ4n) is 3.10. The van der Waals surface area contributed by atoms with Crippen LogP contribution >= 0.6 is 12.4 Å². The standard InChI is InChI=1S/C14H18F3N5O.ClH/c15-14(16,17)9-7-19-13(20-8-9)21-4-1-10(2-5-21)22-6-3-11(18)12(22)23;/h7-8,10-11H,1-6,18H2;1H/t11-;/m1./s1. The summed E-state index contributed by atoms with van der Waals surface area (Å²) in [5.74, 6) is 0.287. The zero-order valence-electron chi connectivity index (χ0n) is 12.9. The molecule has 0 bridgehead atoms. The number of nitrogens with two attached hydrogens (primary N) is 1. The first-order valence-electron chi connectivity index (χ1n) is 7.56. The zero-order chi connectivity index (χ0) is 16.6. The lowest BCUT2D eigenvalue weighted by atomic mass is 10.0. The molecule has 10 heteroatoms. The molecule has 1 amide bonds. The number of aromatic nitrogens is 2. The largest absolute Gasteiger partial charge is 0.419 e. The highest BCUT2D eigenvalue weighted by Crippen LogP contribution is 2.29. The van der Waals surface area contributed by atoms with Gasteiger partial charge >= 0.3 is 6.18 Å². The molecular weight excluding hydrogens is 347 g/mol. The Morgan fingerprint density at radius 3 is 2.12 bits per heavy atom. The average molecular weight is 366 g/mol. The molecule has 0 unspecified atom stereocenters. The van der Waals surface area contributed by atoms with Crippen LogP contribution < -0.4 is 10.6 Å². The van der Waals surface area contributed by atoms with Crippen molar-refractivity contribution in [2.45, 2.75) is 37.5 Å². The summed E-state index contributed by atoms with van der Waals surface area (Å²) in [4.78, 5) is 23.2. The second-order valence-electron chi connectivity index (χ2n) is 5.91. The van der Waals surface area contributed by atoms with E-state index in [1.165, 1.54) is 0 Å². The SMILES string of the molecule is Cl.N[C@@H]1CCN(C2CCN(c3ncc(C(F)(F)F)cn3)CC2)C1=O. The minimum atomic E-state index is -4.43. The maximum Gasteiger partial charge on any atom is 0.419 e. The van der Waals surface area contributed by atoms with Crippen molar-refractivity contribution in [3.63, 3.8) is 0 Å². The lowest BCUT2D eigenvalue weighted by Crippen LogP contribution is -2.47. The third-order valence-corrected chi connectivity index (χ3v) is 4.43. The topological polar surface area (TPSA) is 75.3 Å². The number of halogens is 4. The van der Waals surface area contributed by atoms with E-state index in [0.717, 1.165) is 25.2 Å². The number of nitrogens with zero attached hydrogens (tertiary/aromatic N) is 4. The molecule has 134 valence electrons. The Labute approximate surface area is 143 Å². The fraction of sp³-hybridized carbons (Fsp3) is 0.643. The first-order valence-corrected chi connectivity index (χ1v) is 7.56. The van der Waals surface area contributed by atoms with Gasteiger partial charge in [0.1, 0.15) is 0 Å². The van der Waals surface area contributed by atoms with Crippen LogP contribution in [0.5, 0.6) is 0 Å². The van der Waals surface area contributed by atoms with E-state index in [-0.39, 0.29) is 24.4 Å². The van der Waals surface area contributed by atoms with Crippen LogP contribution in [0.4, 0.5) is 19.1 Å². The molecule has 3 rings (SSSR count). The number of rotatable bonds is 2. The molecule has 2 N–H and O–H groups in total. The highest BCUT2D eigenvalue weighted by molar-refractivity contribution is 5.85. The molecule has 2 aliphatic rings. The van der Waals surface area contributed by atoms with E-state index in [4.69, 9.17) is 5.73 Å². The van der Waals surface area contributed by atoms with Crippen molar-refractivity contribution in [3.05, 3.63) is 18.0 Å². The minimum Gasteiger partial charge on any atom is -0.341 e. The Morgan fingerprint density at radius 2 is 1.67 bits per heavy atom. The highest BCUT2D eigenvalue weighted by atomic mass is 35.5. The van der Waals surface area contributed by atoms with E-state index in [9.17, 15) is 18.0 Å². The molecule has 0 saturated carbocycles. The van der Waals surface area contributed by atoms with Gasteiger partial charge in [0.2, 0.25) is 11.9 Å². The van der Waals surface area contributed by atoms with E-state index < -0.39 is 17.8 Å². The number of hydrogen-bond donors (Lipinski definition) is 1. The van der Waals surface area contributed by atoms with Crippen LogP contribution in [0.3, 0.4) is 0 Å². The second-order valence-corrected chi connectivity index (χ2v) is 5.91. The van der Waals surface area contributed by atoms with Gasteiger partial charge in [-0.05, 0) is 19.3 Å². The van der Waals surface area contributed by atoms with Crippen molar-refractivity contribution in [3.8, 4) is 0 Å². The van der Waals surface area contributed by atoms with Gasteiger partial charge in [-0.1, -0.05) is 0 Å². The molecule has 2 fully saturated rings.